The van der Waals surface area contributed by atoms with E-state index in [4.69, 9.17) is 4.74 Å². The lowest BCUT2D eigenvalue weighted by Crippen LogP contribution is -2.50. The number of likely N-dealkylation sites (N-methyl/N-ethyl adjacent to an activating group) is 1. The van der Waals surface area contributed by atoms with E-state index in [0.717, 1.165) is 0 Å². The summed E-state index contributed by atoms with van der Waals surface area (Å²) in [5, 5.41) is 13.2. The lowest BCUT2D eigenvalue weighted by molar-refractivity contribution is -0.132. The van der Waals surface area contributed by atoms with Crippen molar-refractivity contribution >= 4 is 5.91 Å². The highest BCUT2D eigenvalue weighted by Crippen LogP contribution is 2.17. The molecule has 100 valence electrons. The van der Waals surface area contributed by atoms with Gasteiger partial charge in [0.1, 0.15) is 5.60 Å². The Bertz CT molecular complexity index is 248. The first-order chi connectivity index (χ1) is 8.02. The molecule has 5 heteroatoms. The smallest absolute Gasteiger partial charge is 0.239 e. The summed E-state index contributed by atoms with van der Waals surface area (Å²) in [7, 11) is 0. The van der Waals surface area contributed by atoms with E-state index >= 15 is 0 Å². The molecule has 2 unspecified atom stereocenters. The Morgan fingerprint density at radius 1 is 1.53 bits per heavy atom. The van der Waals surface area contributed by atoms with Crippen molar-refractivity contribution in [1.29, 1.82) is 0 Å². The second-order valence-corrected chi connectivity index (χ2v) is 4.64. The Kier molecular flexibility index (Phi) is 5.36. The van der Waals surface area contributed by atoms with E-state index in [1.807, 2.05) is 20.8 Å². The molecular weight excluding hydrogens is 220 g/mol. The number of hydrogen-bond donors (Lipinski definition) is 2. The monoisotopic (exact) mass is 244 g/mol. The van der Waals surface area contributed by atoms with Crippen LogP contribution in [0.1, 0.15) is 27.2 Å². The van der Waals surface area contributed by atoms with Crippen LogP contribution in [0.25, 0.3) is 0 Å². The number of aliphatic hydroxyl groups is 1. The van der Waals surface area contributed by atoms with Gasteiger partial charge in [-0.2, -0.15) is 0 Å². The van der Waals surface area contributed by atoms with E-state index in [1.54, 1.807) is 4.90 Å². The maximum atomic E-state index is 12.0. The van der Waals surface area contributed by atoms with Gasteiger partial charge in [0.2, 0.25) is 5.91 Å². The van der Waals surface area contributed by atoms with Crippen molar-refractivity contribution in [2.45, 2.75) is 38.8 Å². The molecule has 0 bridgehead atoms. The Balaban J connectivity index is 2.38. The molecule has 2 atom stereocenters. The van der Waals surface area contributed by atoms with E-state index in [1.165, 1.54) is 0 Å². The van der Waals surface area contributed by atoms with Crippen LogP contribution >= 0.6 is 0 Å². The van der Waals surface area contributed by atoms with Crippen LogP contribution in [0.15, 0.2) is 0 Å². The van der Waals surface area contributed by atoms with Gasteiger partial charge in [0, 0.05) is 32.7 Å². The zero-order valence-electron chi connectivity index (χ0n) is 11.0. The second-order valence-electron chi connectivity index (χ2n) is 4.64. The Labute approximate surface area is 103 Å². The molecule has 1 aliphatic heterocycles. The number of carbonyl (C=O) groups excluding carboxylic acids is 1. The second kappa shape index (κ2) is 6.33. The Morgan fingerprint density at radius 3 is 2.65 bits per heavy atom. The zero-order chi connectivity index (χ0) is 12.9. The van der Waals surface area contributed by atoms with Gasteiger partial charge in [-0.05, 0) is 20.8 Å². The van der Waals surface area contributed by atoms with Crippen LogP contribution in [0.5, 0.6) is 0 Å². The van der Waals surface area contributed by atoms with Crippen molar-refractivity contribution in [3.8, 4) is 0 Å². The molecule has 1 amide bonds. The minimum atomic E-state index is -0.808. The molecule has 1 aliphatic rings. The predicted octanol–water partition coefficient (Wildman–Crippen LogP) is -0.0157. The molecule has 1 heterocycles. The molecule has 2 N–H and O–H groups in total. The first-order valence-corrected chi connectivity index (χ1v) is 6.34. The first kappa shape index (κ1) is 14.4. The number of rotatable bonds is 6. The SMILES string of the molecule is CCN(CC)C(=O)C(C)NCC1(O)CCOC1. The van der Waals surface area contributed by atoms with Crippen molar-refractivity contribution in [2.24, 2.45) is 0 Å². The Morgan fingerprint density at radius 2 is 2.18 bits per heavy atom. The molecule has 1 rings (SSSR count). The van der Waals surface area contributed by atoms with Crippen LogP contribution in [-0.2, 0) is 9.53 Å². The number of ether oxygens (including phenoxy) is 1. The minimum Gasteiger partial charge on any atom is -0.386 e. The predicted molar refractivity (Wildman–Crippen MR) is 65.8 cm³/mol. The largest absolute Gasteiger partial charge is 0.386 e. The summed E-state index contributed by atoms with van der Waals surface area (Å²) in [4.78, 5) is 13.7. The van der Waals surface area contributed by atoms with Crippen LogP contribution < -0.4 is 5.32 Å². The summed E-state index contributed by atoms with van der Waals surface area (Å²) in [6, 6.07) is -0.264. The lowest BCUT2D eigenvalue weighted by atomic mass is 10.0. The third-order valence-electron chi connectivity index (χ3n) is 3.27. The summed E-state index contributed by atoms with van der Waals surface area (Å²) in [6.07, 6.45) is 0.631. The van der Waals surface area contributed by atoms with E-state index in [9.17, 15) is 9.90 Å². The third kappa shape index (κ3) is 3.94. The molecule has 0 spiro atoms. The molecule has 5 nitrogen and oxygen atoms in total. The molecule has 0 aromatic rings. The average Bonchev–Trinajstić information content (AvgIpc) is 2.75. The first-order valence-electron chi connectivity index (χ1n) is 6.34. The molecule has 1 saturated heterocycles. The van der Waals surface area contributed by atoms with Gasteiger partial charge in [0.15, 0.2) is 0 Å². The van der Waals surface area contributed by atoms with E-state index in [0.29, 0.717) is 39.3 Å². The number of nitrogens with one attached hydrogen (secondary N) is 1. The molecule has 0 aromatic heterocycles. The van der Waals surface area contributed by atoms with Crippen molar-refractivity contribution in [2.75, 3.05) is 32.8 Å². The van der Waals surface area contributed by atoms with Crippen LogP contribution in [0, 0.1) is 0 Å². The van der Waals surface area contributed by atoms with Gasteiger partial charge >= 0.3 is 0 Å². The van der Waals surface area contributed by atoms with Crippen LogP contribution in [0.2, 0.25) is 0 Å². The van der Waals surface area contributed by atoms with Gasteiger partial charge in [-0.15, -0.1) is 0 Å². The van der Waals surface area contributed by atoms with Crippen LogP contribution in [0.4, 0.5) is 0 Å². The normalized spacial score (nSPS) is 25.9. The van der Waals surface area contributed by atoms with Gasteiger partial charge in [0.25, 0.3) is 0 Å². The summed E-state index contributed by atoms with van der Waals surface area (Å²) in [5.41, 5.74) is -0.808. The maximum absolute atomic E-state index is 12.0. The fourth-order valence-electron chi connectivity index (χ4n) is 1.98. The van der Waals surface area contributed by atoms with Gasteiger partial charge in [0.05, 0.1) is 12.6 Å². The van der Waals surface area contributed by atoms with Crippen molar-refractivity contribution in [3.05, 3.63) is 0 Å². The summed E-state index contributed by atoms with van der Waals surface area (Å²) < 4.78 is 5.16. The van der Waals surface area contributed by atoms with Gasteiger partial charge in [-0.3, -0.25) is 4.79 Å². The maximum Gasteiger partial charge on any atom is 0.239 e. The standard InChI is InChI=1S/C12H24N2O3/c1-4-14(5-2)11(15)10(3)13-8-12(16)6-7-17-9-12/h10,13,16H,4-9H2,1-3H3. The van der Waals surface area contributed by atoms with E-state index < -0.39 is 5.60 Å². The topological polar surface area (TPSA) is 61.8 Å². The number of nitrogens with zero attached hydrogens (tertiary/aromatic N) is 1. The zero-order valence-corrected chi connectivity index (χ0v) is 11.0. The molecule has 1 fully saturated rings. The fourth-order valence-corrected chi connectivity index (χ4v) is 1.98. The Hall–Kier alpha value is -0.650. The quantitative estimate of drug-likeness (QED) is 0.689. The lowest BCUT2D eigenvalue weighted by Gasteiger charge is -2.27. The highest BCUT2D eigenvalue weighted by Gasteiger charge is 2.33. The number of hydrogen-bond acceptors (Lipinski definition) is 4. The highest BCUT2D eigenvalue weighted by atomic mass is 16.5. The summed E-state index contributed by atoms with van der Waals surface area (Å²) in [6.45, 7) is 8.55. The number of carbonyl (C=O) groups is 1. The molecule has 17 heavy (non-hydrogen) atoms. The van der Waals surface area contributed by atoms with Gasteiger partial charge < -0.3 is 20.1 Å². The van der Waals surface area contributed by atoms with Crippen molar-refractivity contribution in [3.63, 3.8) is 0 Å². The molecule has 0 aliphatic carbocycles. The van der Waals surface area contributed by atoms with Crippen molar-refractivity contribution in [1.82, 2.24) is 10.2 Å². The fraction of sp³-hybridized carbons (Fsp3) is 0.917. The average molecular weight is 244 g/mol. The van der Waals surface area contributed by atoms with Gasteiger partial charge in [-0.25, -0.2) is 0 Å². The van der Waals surface area contributed by atoms with Crippen molar-refractivity contribution < 1.29 is 14.6 Å². The van der Waals surface area contributed by atoms with Crippen LogP contribution in [-0.4, -0.2) is 60.4 Å². The highest BCUT2D eigenvalue weighted by molar-refractivity contribution is 5.81. The molecule has 0 radical (unpaired) electrons. The van der Waals surface area contributed by atoms with E-state index in [-0.39, 0.29) is 11.9 Å². The summed E-state index contributed by atoms with van der Waals surface area (Å²) >= 11 is 0. The van der Waals surface area contributed by atoms with Crippen LogP contribution in [0.3, 0.4) is 0 Å². The van der Waals surface area contributed by atoms with E-state index in [2.05, 4.69) is 5.32 Å². The van der Waals surface area contributed by atoms with Gasteiger partial charge in [-0.1, -0.05) is 0 Å². The minimum absolute atomic E-state index is 0.0810. The molecular formula is C12H24N2O3. The molecule has 0 aromatic carbocycles. The third-order valence-corrected chi connectivity index (χ3v) is 3.27. The number of amides is 1. The molecule has 0 saturated carbocycles. The summed E-state index contributed by atoms with van der Waals surface area (Å²) in [5.74, 6) is 0.0810.